The average Bonchev–Trinajstić information content (AvgIpc) is 3.16. The van der Waals surface area contributed by atoms with Gasteiger partial charge in [0.2, 0.25) is 5.75 Å². The molecule has 1 aliphatic carbocycles. The number of aromatic hydroxyl groups is 1. The summed E-state index contributed by atoms with van der Waals surface area (Å²) in [4.78, 5) is 43.5. The summed E-state index contributed by atoms with van der Waals surface area (Å²) in [5, 5.41) is 16.2. The normalized spacial score (nSPS) is 20.7. The predicted octanol–water partition coefficient (Wildman–Crippen LogP) is 2.75. The molecule has 9 nitrogen and oxygen atoms in total. The number of fused-ring (bicyclic) bond motifs is 2. The van der Waals surface area contributed by atoms with Crippen LogP contribution in [0.4, 0.5) is 4.39 Å². The first-order valence-corrected chi connectivity index (χ1v) is 11.5. The number of aromatic nitrogens is 2. The number of halogens is 1. The summed E-state index contributed by atoms with van der Waals surface area (Å²) >= 11 is 0. The number of benzene rings is 1. The van der Waals surface area contributed by atoms with Gasteiger partial charge in [0.1, 0.15) is 17.4 Å². The van der Waals surface area contributed by atoms with Gasteiger partial charge in [-0.1, -0.05) is 12.1 Å². The molecule has 3 aliphatic rings. The molecule has 0 atom stereocenters. The van der Waals surface area contributed by atoms with E-state index >= 15 is 0 Å². The van der Waals surface area contributed by atoms with Crippen molar-refractivity contribution in [3.63, 3.8) is 0 Å². The van der Waals surface area contributed by atoms with E-state index in [0.717, 1.165) is 12.8 Å². The van der Waals surface area contributed by atoms with Gasteiger partial charge in [-0.3, -0.25) is 19.0 Å². The van der Waals surface area contributed by atoms with Gasteiger partial charge >= 0.3 is 0 Å². The Hall–Kier alpha value is -3.95. The van der Waals surface area contributed by atoms with Gasteiger partial charge < -0.3 is 20.2 Å². The summed E-state index contributed by atoms with van der Waals surface area (Å²) in [5.74, 6) is -1.12. The van der Waals surface area contributed by atoms with Crippen LogP contribution >= 0.6 is 0 Å². The third kappa shape index (κ3) is 4.20. The van der Waals surface area contributed by atoms with Gasteiger partial charge in [-0.2, -0.15) is 0 Å². The van der Waals surface area contributed by atoms with Gasteiger partial charge in [-0.15, -0.1) is 0 Å². The van der Waals surface area contributed by atoms with E-state index in [9.17, 15) is 23.9 Å². The maximum absolute atomic E-state index is 13.1. The summed E-state index contributed by atoms with van der Waals surface area (Å²) < 4.78 is 20.0. The van der Waals surface area contributed by atoms with Crippen LogP contribution in [-0.4, -0.2) is 26.5 Å². The summed E-state index contributed by atoms with van der Waals surface area (Å²) in [7, 11) is 0. The van der Waals surface area contributed by atoms with Crippen molar-refractivity contribution in [3.05, 3.63) is 81.2 Å². The highest BCUT2D eigenvalue weighted by molar-refractivity contribution is 5.95. The van der Waals surface area contributed by atoms with Crippen LogP contribution in [-0.2, 0) is 18.6 Å². The van der Waals surface area contributed by atoms with Crippen molar-refractivity contribution >= 4 is 11.8 Å². The average molecular weight is 480 g/mol. The molecule has 2 aliphatic heterocycles. The quantitative estimate of drug-likeness (QED) is 0.516. The summed E-state index contributed by atoms with van der Waals surface area (Å²) in [6.07, 6.45) is 2.59. The van der Waals surface area contributed by atoms with E-state index in [2.05, 4.69) is 15.6 Å². The molecule has 2 aromatic heterocycles. The maximum atomic E-state index is 13.1. The number of hydrogen-bond donors (Lipinski definition) is 3. The number of rotatable bonds is 5. The van der Waals surface area contributed by atoms with Gasteiger partial charge in [-0.25, -0.2) is 9.37 Å². The SMILES string of the molecule is Cc1ccc(C(=O)NC23CCC(CC2)Cn2c3nc(C(=O)NCc3ccc(F)cc3)c(O)c2=O)o1. The Morgan fingerprint density at radius 2 is 1.89 bits per heavy atom. The van der Waals surface area contributed by atoms with Crippen LogP contribution in [0.3, 0.4) is 0 Å². The molecule has 3 N–H and O–H groups in total. The van der Waals surface area contributed by atoms with Crippen molar-refractivity contribution in [1.29, 1.82) is 0 Å². The highest BCUT2D eigenvalue weighted by atomic mass is 19.1. The fraction of sp³-hybridized carbons (Fsp3) is 0.360. The minimum Gasteiger partial charge on any atom is -0.501 e. The molecular formula is C25H25FN4O5. The molecule has 1 saturated carbocycles. The van der Waals surface area contributed by atoms with Gasteiger partial charge in [0.05, 0.1) is 5.54 Å². The molecule has 0 radical (unpaired) electrons. The summed E-state index contributed by atoms with van der Waals surface area (Å²) in [5.41, 5.74) is -1.47. The number of furan rings is 1. The van der Waals surface area contributed by atoms with Crippen LogP contribution in [0.2, 0.25) is 0 Å². The molecule has 0 spiro atoms. The van der Waals surface area contributed by atoms with E-state index in [1.54, 1.807) is 19.1 Å². The monoisotopic (exact) mass is 480 g/mol. The largest absolute Gasteiger partial charge is 0.501 e. The second-order valence-electron chi connectivity index (χ2n) is 9.25. The molecule has 0 saturated heterocycles. The van der Waals surface area contributed by atoms with Crippen molar-refractivity contribution in [1.82, 2.24) is 20.2 Å². The van der Waals surface area contributed by atoms with E-state index in [4.69, 9.17) is 4.42 Å². The standard InChI is InChI=1S/C25H25FN4O5/c1-14-2-7-18(35-14)21(32)29-25-10-8-16(9-11-25)13-30-23(34)20(31)19(28-24(25)30)22(33)27-12-15-3-5-17(26)6-4-15/h2-7,16,31H,8-13H2,1H3,(H,27,33)(H,29,32). The molecule has 2 amide bonds. The lowest BCUT2D eigenvalue weighted by molar-refractivity contribution is 0.0820. The predicted molar refractivity (Wildman–Crippen MR) is 122 cm³/mol. The molecule has 4 heterocycles. The van der Waals surface area contributed by atoms with Crippen LogP contribution in [0.15, 0.2) is 45.6 Å². The third-order valence-corrected chi connectivity index (χ3v) is 6.87. The molecular weight excluding hydrogens is 455 g/mol. The van der Waals surface area contributed by atoms with E-state index in [-0.39, 0.29) is 24.0 Å². The summed E-state index contributed by atoms with van der Waals surface area (Å²) in [6, 6.07) is 8.86. The first-order valence-electron chi connectivity index (χ1n) is 11.5. The molecule has 182 valence electrons. The maximum Gasteiger partial charge on any atom is 0.296 e. The third-order valence-electron chi connectivity index (χ3n) is 6.87. The number of carbonyl (C=O) groups is 2. The molecule has 10 heteroatoms. The van der Waals surface area contributed by atoms with E-state index in [1.165, 1.54) is 28.8 Å². The second-order valence-corrected chi connectivity index (χ2v) is 9.25. The van der Waals surface area contributed by atoms with Crippen LogP contribution in [0.5, 0.6) is 5.75 Å². The van der Waals surface area contributed by atoms with E-state index < -0.39 is 40.2 Å². The van der Waals surface area contributed by atoms with Crippen LogP contribution in [0.25, 0.3) is 0 Å². The number of hydrogen-bond acceptors (Lipinski definition) is 6. The minimum atomic E-state index is -0.983. The molecule has 2 bridgehead atoms. The van der Waals surface area contributed by atoms with E-state index in [1.807, 2.05) is 0 Å². The lowest BCUT2D eigenvalue weighted by Crippen LogP contribution is -2.49. The highest BCUT2D eigenvalue weighted by Gasteiger charge is 2.46. The number of carbonyl (C=O) groups excluding carboxylic acids is 2. The van der Waals surface area contributed by atoms with Crippen molar-refractivity contribution in [2.24, 2.45) is 5.92 Å². The lowest BCUT2D eigenvalue weighted by Gasteiger charge is -2.36. The zero-order chi connectivity index (χ0) is 24.7. The van der Waals surface area contributed by atoms with Crippen molar-refractivity contribution in [3.8, 4) is 5.75 Å². The lowest BCUT2D eigenvalue weighted by atomic mass is 9.77. The van der Waals surface area contributed by atoms with Crippen LogP contribution < -0.4 is 16.2 Å². The van der Waals surface area contributed by atoms with Gasteiger partial charge in [0.15, 0.2) is 11.5 Å². The highest BCUT2D eigenvalue weighted by Crippen LogP contribution is 2.43. The summed E-state index contributed by atoms with van der Waals surface area (Å²) in [6.45, 7) is 2.14. The molecule has 3 aromatic rings. The number of nitrogens with one attached hydrogen (secondary N) is 2. The Morgan fingerprint density at radius 3 is 2.54 bits per heavy atom. The molecule has 1 fully saturated rings. The van der Waals surface area contributed by atoms with E-state index in [0.29, 0.717) is 30.7 Å². The fourth-order valence-corrected chi connectivity index (χ4v) is 4.96. The Morgan fingerprint density at radius 1 is 1.17 bits per heavy atom. The van der Waals surface area contributed by atoms with Crippen molar-refractivity contribution in [2.45, 2.75) is 51.2 Å². The smallest absolute Gasteiger partial charge is 0.296 e. The second kappa shape index (κ2) is 8.68. The number of amides is 2. The molecule has 0 unspecified atom stereocenters. The number of nitrogens with zero attached hydrogens (tertiary/aromatic N) is 2. The molecule has 1 aromatic carbocycles. The minimum absolute atomic E-state index is 0.0560. The van der Waals surface area contributed by atoms with Gasteiger partial charge in [0, 0.05) is 13.1 Å². The molecule has 35 heavy (non-hydrogen) atoms. The van der Waals surface area contributed by atoms with Crippen molar-refractivity contribution < 1.29 is 23.5 Å². The zero-order valence-corrected chi connectivity index (χ0v) is 19.1. The Labute approximate surface area is 200 Å². The van der Waals surface area contributed by atoms with Crippen LogP contribution in [0.1, 0.15) is 63.9 Å². The number of aryl methyl sites for hydroxylation is 1. The molecule has 6 rings (SSSR count). The Balaban J connectivity index is 1.50. The van der Waals surface area contributed by atoms with Crippen molar-refractivity contribution in [2.75, 3.05) is 0 Å². The zero-order valence-electron chi connectivity index (χ0n) is 19.1. The Bertz CT molecular complexity index is 1350. The topological polar surface area (TPSA) is 126 Å². The fourth-order valence-electron chi connectivity index (χ4n) is 4.96. The first kappa shape index (κ1) is 22.8. The van der Waals surface area contributed by atoms with Crippen LogP contribution in [0, 0.1) is 18.7 Å². The Kier molecular flexibility index (Phi) is 5.66. The van der Waals surface area contributed by atoms with Gasteiger partial charge in [0.25, 0.3) is 17.4 Å². The first-order chi connectivity index (χ1) is 16.8. The van der Waals surface area contributed by atoms with Gasteiger partial charge in [-0.05, 0) is 68.4 Å².